The highest BCUT2D eigenvalue weighted by Crippen LogP contribution is 2.31. The average molecular weight is 310 g/mol. The van der Waals surface area contributed by atoms with Crippen LogP contribution in [0.15, 0.2) is 5.38 Å². The molecule has 1 amide bonds. The molecular weight excluding hydrogens is 292 g/mol. The number of aliphatic carboxylic acids is 1. The van der Waals surface area contributed by atoms with Crippen LogP contribution in [-0.2, 0) is 9.53 Å². The first-order chi connectivity index (χ1) is 10.1. The number of carbonyl (C=O) groups excluding carboxylic acids is 1. The van der Waals surface area contributed by atoms with Gasteiger partial charge in [-0.2, -0.15) is 0 Å². The van der Waals surface area contributed by atoms with Crippen LogP contribution < -0.4 is 5.32 Å². The third-order valence-corrected chi connectivity index (χ3v) is 5.01. The van der Waals surface area contributed by atoms with Crippen molar-refractivity contribution in [2.24, 2.45) is 5.92 Å². The number of hydrogen-bond acceptors (Lipinski definition) is 5. The molecule has 1 saturated heterocycles. The molecule has 114 valence electrons. The van der Waals surface area contributed by atoms with E-state index in [1.807, 2.05) is 0 Å². The minimum Gasteiger partial charge on any atom is -0.481 e. The molecule has 2 fully saturated rings. The molecule has 3 rings (SSSR count). The lowest BCUT2D eigenvalue weighted by molar-refractivity contribution is -0.141. The van der Waals surface area contributed by atoms with Crippen molar-refractivity contribution in [3.05, 3.63) is 16.1 Å². The van der Waals surface area contributed by atoms with E-state index in [4.69, 9.17) is 9.84 Å². The van der Waals surface area contributed by atoms with Crippen LogP contribution in [0.25, 0.3) is 0 Å². The lowest BCUT2D eigenvalue weighted by Gasteiger charge is -2.11. The van der Waals surface area contributed by atoms with Crippen LogP contribution in [0.3, 0.4) is 0 Å². The van der Waals surface area contributed by atoms with Gasteiger partial charge in [-0.1, -0.05) is 0 Å². The topological polar surface area (TPSA) is 88.5 Å². The lowest BCUT2D eigenvalue weighted by Crippen LogP contribution is -2.33. The van der Waals surface area contributed by atoms with Gasteiger partial charge in [0.2, 0.25) is 0 Å². The summed E-state index contributed by atoms with van der Waals surface area (Å²) in [6, 6.07) is -0.0634. The number of carbonyl (C=O) groups is 2. The summed E-state index contributed by atoms with van der Waals surface area (Å²) in [5.74, 6) is -1.33. The molecular formula is C14H18N2O4S. The van der Waals surface area contributed by atoms with Crippen LogP contribution in [-0.4, -0.2) is 34.6 Å². The number of amides is 1. The summed E-state index contributed by atoms with van der Waals surface area (Å²) in [5.41, 5.74) is 0.407. The second-order valence-corrected chi connectivity index (χ2v) is 6.48. The van der Waals surface area contributed by atoms with Gasteiger partial charge >= 0.3 is 5.97 Å². The van der Waals surface area contributed by atoms with Gasteiger partial charge in [-0.25, -0.2) is 4.98 Å². The van der Waals surface area contributed by atoms with E-state index in [-0.39, 0.29) is 24.0 Å². The van der Waals surface area contributed by atoms with Gasteiger partial charge < -0.3 is 15.2 Å². The number of carboxylic acid groups (broad SMARTS) is 1. The molecule has 1 aliphatic carbocycles. The predicted molar refractivity (Wildman–Crippen MR) is 76.3 cm³/mol. The molecule has 1 aliphatic heterocycles. The van der Waals surface area contributed by atoms with Gasteiger partial charge in [0.25, 0.3) is 5.91 Å². The summed E-state index contributed by atoms with van der Waals surface area (Å²) in [4.78, 5) is 27.4. The number of rotatable bonds is 4. The molecule has 7 heteroatoms. The van der Waals surface area contributed by atoms with Crippen molar-refractivity contribution in [1.29, 1.82) is 0 Å². The fourth-order valence-corrected chi connectivity index (χ4v) is 3.79. The Balaban J connectivity index is 1.57. The Bertz CT molecular complexity index is 539. The van der Waals surface area contributed by atoms with Crippen LogP contribution in [0, 0.1) is 5.92 Å². The minimum absolute atomic E-state index is 0.0272. The number of thiazole rings is 1. The molecule has 0 bridgehead atoms. The lowest BCUT2D eigenvalue weighted by atomic mass is 10.1. The van der Waals surface area contributed by atoms with Gasteiger partial charge in [0.05, 0.1) is 5.92 Å². The number of nitrogens with one attached hydrogen (secondary N) is 1. The quantitative estimate of drug-likeness (QED) is 0.887. The van der Waals surface area contributed by atoms with Crippen molar-refractivity contribution in [2.45, 2.75) is 44.2 Å². The first-order valence-corrected chi connectivity index (χ1v) is 8.12. The monoisotopic (exact) mass is 310 g/mol. The van der Waals surface area contributed by atoms with Crippen molar-refractivity contribution in [3.63, 3.8) is 0 Å². The summed E-state index contributed by atoms with van der Waals surface area (Å²) in [6.45, 7) is 0.754. The van der Waals surface area contributed by atoms with Crippen LogP contribution in [0.5, 0.6) is 0 Å². The average Bonchev–Trinajstić information content (AvgIpc) is 3.19. The zero-order valence-corrected chi connectivity index (χ0v) is 12.4. The summed E-state index contributed by atoms with van der Waals surface area (Å²) in [7, 11) is 0. The molecule has 1 unspecified atom stereocenters. The molecule has 2 aliphatic rings. The van der Waals surface area contributed by atoms with Crippen LogP contribution in [0.4, 0.5) is 0 Å². The zero-order chi connectivity index (χ0) is 14.8. The second kappa shape index (κ2) is 6.11. The van der Waals surface area contributed by atoms with Crippen molar-refractivity contribution < 1.29 is 19.4 Å². The van der Waals surface area contributed by atoms with E-state index in [0.29, 0.717) is 25.0 Å². The molecule has 1 aromatic rings. The van der Waals surface area contributed by atoms with E-state index in [0.717, 1.165) is 24.5 Å². The molecule has 2 heterocycles. The van der Waals surface area contributed by atoms with E-state index in [2.05, 4.69) is 10.3 Å². The molecule has 2 N–H and O–H groups in total. The van der Waals surface area contributed by atoms with Crippen LogP contribution >= 0.6 is 11.3 Å². The van der Waals surface area contributed by atoms with E-state index >= 15 is 0 Å². The third-order valence-electron chi connectivity index (χ3n) is 4.08. The molecule has 0 aromatic carbocycles. The predicted octanol–water partition coefficient (Wildman–Crippen LogP) is 1.98. The van der Waals surface area contributed by atoms with E-state index in [1.54, 1.807) is 5.38 Å². The van der Waals surface area contributed by atoms with Crippen LogP contribution in [0.1, 0.15) is 53.7 Å². The Kier molecular flexibility index (Phi) is 4.21. The number of aromatic nitrogens is 1. The maximum Gasteiger partial charge on any atom is 0.306 e. The molecule has 0 spiro atoms. The summed E-state index contributed by atoms with van der Waals surface area (Å²) >= 11 is 1.45. The number of carboxylic acids is 1. The van der Waals surface area contributed by atoms with Gasteiger partial charge in [-0.15, -0.1) is 11.3 Å². The molecule has 0 radical (unpaired) electrons. The van der Waals surface area contributed by atoms with Crippen molar-refractivity contribution in [2.75, 3.05) is 6.61 Å². The Morgan fingerprint density at radius 1 is 1.38 bits per heavy atom. The van der Waals surface area contributed by atoms with E-state index < -0.39 is 5.97 Å². The minimum atomic E-state index is -0.777. The Morgan fingerprint density at radius 3 is 2.90 bits per heavy atom. The fourth-order valence-electron chi connectivity index (χ4n) is 2.91. The van der Waals surface area contributed by atoms with Crippen molar-refractivity contribution in [3.8, 4) is 0 Å². The second-order valence-electron chi connectivity index (χ2n) is 5.59. The maximum atomic E-state index is 12.2. The Morgan fingerprint density at radius 2 is 2.24 bits per heavy atom. The summed E-state index contributed by atoms with van der Waals surface area (Å²) < 4.78 is 5.56. The maximum absolute atomic E-state index is 12.2. The van der Waals surface area contributed by atoms with Crippen molar-refractivity contribution >= 4 is 23.2 Å². The van der Waals surface area contributed by atoms with Gasteiger partial charge in [0.15, 0.2) is 0 Å². The van der Waals surface area contributed by atoms with E-state index in [9.17, 15) is 9.59 Å². The molecule has 1 aromatic heterocycles. The largest absolute Gasteiger partial charge is 0.481 e. The molecule has 21 heavy (non-hydrogen) atoms. The number of hydrogen-bond donors (Lipinski definition) is 2. The molecule has 6 nitrogen and oxygen atoms in total. The highest BCUT2D eigenvalue weighted by atomic mass is 32.1. The molecule has 1 saturated carbocycles. The highest BCUT2D eigenvalue weighted by Gasteiger charge is 2.31. The zero-order valence-electron chi connectivity index (χ0n) is 11.6. The molecule has 3 atom stereocenters. The first-order valence-electron chi connectivity index (χ1n) is 7.24. The van der Waals surface area contributed by atoms with E-state index in [1.165, 1.54) is 11.3 Å². The van der Waals surface area contributed by atoms with Gasteiger partial charge in [0, 0.05) is 18.0 Å². The fraction of sp³-hybridized carbons (Fsp3) is 0.643. The SMILES string of the molecule is O=C(N[C@@H]1CC[C@H](C(=O)O)C1)c1csc(C2CCCO2)n1. The van der Waals surface area contributed by atoms with Gasteiger partial charge in [-0.3, -0.25) is 9.59 Å². The third kappa shape index (κ3) is 3.24. The number of nitrogens with zero attached hydrogens (tertiary/aromatic N) is 1. The number of ether oxygens (including phenoxy) is 1. The standard InChI is InChI=1S/C14H18N2O4S/c17-12(15-9-4-3-8(6-9)14(18)19)10-7-21-13(16-10)11-2-1-5-20-11/h7-9,11H,1-6H2,(H,15,17)(H,18,19)/t8-,9+,11?/m0/s1. The normalized spacial score (nSPS) is 28.7. The van der Waals surface area contributed by atoms with Crippen molar-refractivity contribution in [1.82, 2.24) is 10.3 Å². The van der Waals surface area contributed by atoms with Gasteiger partial charge in [-0.05, 0) is 32.1 Å². The smallest absolute Gasteiger partial charge is 0.306 e. The highest BCUT2D eigenvalue weighted by molar-refractivity contribution is 7.09. The van der Waals surface area contributed by atoms with Crippen LogP contribution in [0.2, 0.25) is 0 Å². The Labute approximate surface area is 126 Å². The first kappa shape index (κ1) is 14.5. The van der Waals surface area contributed by atoms with Gasteiger partial charge in [0.1, 0.15) is 16.8 Å². The summed E-state index contributed by atoms with van der Waals surface area (Å²) in [6.07, 6.45) is 3.86. The Hall–Kier alpha value is -1.47. The summed E-state index contributed by atoms with van der Waals surface area (Å²) in [5, 5.41) is 14.5.